The molecule has 0 saturated carbocycles. The summed E-state index contributed by atoms with van der Waals surface area (Å²) in [6, 6.07) is 3.06. The minimum atomic E-state index is -1.07. The van der Waals surface area contributed by atoms with Gasteiger partial charge >= 0.3 is 5.97 Å². The Balaban J connectivity index is 2.71. The van der Waals surface area contributed by atoms with Gasteiger partial charge in [-0.1, -0.05) is 0 Å². The highest BCUT2D eigenvalue weighted by atomic mass is 16.4. The summed E-state index contributed by atoms with van der Waals surface area (Å²) in [5.41, 5.74) is 0. The maximum Gasteiger partial charge on any atom is 0.328 e. The van der Waals surface area contributed by atoms with Crippen LogP contribution in [0.3, 0.4) is 0 Å². The number of nitrogens with one attached hydrogen (secondary N) is 1. The molecular weight excluding hydrogens is 210 g/mol. The molecule has 1 aromatic rings. The largest absolute Gasteiger partial charge is 0.478 e. The standard InChI is InChI=1S/C11H13NO4/c1-7(2)12-11(15)9-5-3-8(16-9)4-6-10(13)14/h3-7H,1-2H3,(H,12,15)(H,13,14)/b6-4+. The lowest BCUT2D eigenvalue weighted by Gasteiger charge is -2.05. The second-order valence-corrected chi connectivity index (χ2v) is 3.50. The highest BCUT2D eigenvalue weighted by Crippen LogP contribution is 2.09. The molecule has 5 heteroatoms. The van der Waals surface area contributed by atoms with Crippen LogP contribution >= 0.6 is 0 Å². The van der Waals surface area contributed by atoms with Crippen molar-refractivity contribution >= 4 is 18.0 Å². The summed E-state index contributed by atoms with van der Waals surface area (Å²) < 4.78 is 5.13. The lowest BCUT2D eigenvalue weighted by atomic mass is 10.3. The van der Waals surface area contributed by atoms with Crippen LogP contribution < -0.4 is 5.32 Å². The predicted molar refractivity (Wildman–Crippen MR) is 58.0 cm³/mol. The van der Waals surface area contributed by atoms with Crippen molar-refractivity contribution in [2.24, 2.45) is 0 Å². The van der Waals surface area contributed by atoms with Crippen LogP contribution in [0, 0.1) is 0 Å². The van der Waals surface area contributed by atoms with Crippen LogP contribution in [-0.2, 0) is 4.79 Å². The van der Waals surface area contributed by atoms with Crippen LogP contribution in [0.15, 0.2) is 22.6 Å². The SMILES string of the molecule is CC(C)NC(=O)c1ccc(/C=C/C(=O)O)o1. The van der Waals surface area contributed by atoms with E-state index in [9.17, 15) is 9.59 Å². The van der Waals surface area contributed by atoms with Gasteiger partial charge in [-0.2, -0.15) is 0 Å². The van der Waals surface area contributed by atoms with E-state index < -0.39 is 5.97 Å². The van der Waals surface area contributed by atoms with Gasteiger partial charge in [0.1, 0.15) is 5.76 Å². The first-order valence-electron chi connectivity index (χ1n) is 4.80. The lowest BCUT2D eigenvalue weighted by molar-refractivity contribution is -0.131. The predicted octanol–water partition coefficient (Wildman–Crippen LogP) is 1.52. The van der Waals surface area contributed by atoms with Gasteiger partial charge < -0.3 is 14.8 Å². The number of aliphatic carboxylic acids is 1. The molecular formula is C11H13NO4. The smallest absolute Gasteiger partial charge is 0.328 e. The first kappa shape index (κ1) is 12.0. The maximum absolute atomic E-state index is 11.5. The fourth-order valence-corrected chi connectivity index (χ4v) is 1.05. The van der Waals surface area contributed by atoms with Crippen molar-refractivity contribution in [2.45, 2.75) is 19.9 Å². The van der Waals surface area contributed by atoms with E-state index in [0.29, 0.717) is 5.76 Å². The molecule has 5 nitrogen and oxygen atoms in total. The molecule has 0 atom stereocenters. The van der Waals surface area contributed by atoms with Gasteiger partial charge in [0.15, 0.2) is 5.76 Å². The third-order valence-corrected chi connectivity index (χ3v) is 1.66. The summed E-state index contributed by atoms with van der Waals surface area (Å²) in [5.74, 6) is -0.885. The third-order valence-electron chi connectivity index (χ3n) is 1.66. The topological polar surface area (TPSA) is 79.5 Å². The Hall–Kier alpha value is -2.04. The molecule has 0 aliphatic heterocycles. The van der Waals surface area contributed by atoms with Crippen molar-refractivity contribution in [3.05, 3.63) is 29.7 Å². The first-order chi connectivity index (χ1) is 7.49. The quantitative estimate of drug-likeness (QED) is 0.758. The van der Waals surface area contributed by atoms with Crippen molar-refractivity contribution < 1.29 is 19.1 Å². The average Bonchev–Trinajstić information content (AvgIpc) is 2.61. The second kappa shape index (κ2) is 5.16. The monoisotopic (exact) mass is 223 g/mol. The Morgan fingerprint density at radius 1 is 1.44 bits per heavy atom. The molecule has 1 heterocycles. The molecule has 0 fully saturated rings. The van der Waals surface area contributed by atoms with Gasteiger partial charge in [-0.05, 0) is 32.1 Å². The molecule has 86 valence electrons. The zero-order valence-corrected chi connectivity index (χ0v) is 9.06. The summed E-state index contributed by atoms with van der Waals surface area (Å²) in [5, 5.41) is 11.1. The maximum atomic E-state index is 11.5. The summed E-state index contributed by atoms with van der Waals surface area (Å²) in [7, 11) is 0. The Labute approximate surface area is 92.8 Å². The molecule has 2 N–H and O–H groups in total. The molecule has 0 aliphatic carbocycles. The van der Waals surface area contributed by atoms with Gasteiger partial charge in [0.05, 0.1) is 0 Å². The zero-order chi connectivity index (χ0) is 12.1. The van der Waals surface area contributed by atoms with Crippen LogP contribution in [0.1, 0.15) is 30.2 Å². The molecule has 0 aliphatic rings. The van der Waals surface area contributed by atoms with Crippen molar-refractivity contribution in [2.75, 3.05) is 0 Å². The fourth-order valence-electron chi connectivity index (χ4n) is 1.05. The number of hydrogen-bond acceptors (Lipinski definition) is 3. The fraction of sp³-hybridized carbons (Fsp3) is 0.273. The number of furan rings is 1. The van der Waals surface area contributed by atoms with E-state index in [2.05, 4.69) is 5.32 Å². The normalized spacial score (nSPS) is 10.9. The Morgan fingerprint density at radius 2 is 2.12 bits per heavy atom. The number of rotatable bonds is 4. The molecule has 0 spiro atoms. The van der Waals surface area contributed by atoms with E-state index in [1.54, 1.807) is 0 Å². The van der Waals surface area contributed by atoms with Gasteiger partial charge in [-0.25, -0.2) is 4.79 Å². The van der Waals surface area contributed by atoms with Crippen LogP contribution in [0.4, 0.5) is 0 Å². The van der Waals surface area contributed by atoms with E-state index in [4.69, 9.17) is 9.52 Å². The van der Waals surface area contributed by atoms with E-state index in [1.165, 1.54) is 18.2 Å². The first-order valence-corrected chi connectivity index (χ1v) is 4.80. The van der Waals surface area contributed by atoms with Crippen LogP contribution in [0.5, 0.6) is 0 Å². The number of hydrogen-bond donors (Lipinski definition) is 2. The molecule has 16 heavy (non-hydrogen) atoms. The Bertz CT molecular complexity index is 417. The molecule has 0 bridgehead atoms. The summed E-state index contributed by atoms with van der Waals surface area (Å²) in [6.07, 6.45) is 2.23. The molecule has 1 aromatic heterocycles. The van der Waals surface area contributed by atoms with Gasteiger partial charge in [-0.3, -0.25) is 4.79 Å². The van der Waals surface area contributed by atoms with Gasteiger partial charge in [-0.15, -0.1) is 0 Å². The van der Waals surface area contributed by atoms with E-state index in [-0.39, 0.29) is 17.7 Å². The van der Waals surface area contributed by atoms with Crippen molar-refractivity contribution in [1.82, 2.24) is 5.32 Å². The highest BCUT2D eigenvalue weighted by Gasteiger charge is 2.10. The zero-order valence-electron chi connectivity index (χ0n) is 9.06. The molecule has 0 saturated heterocycles. The molecule has 0 unspecified atom stereocenters. The van der Waals surface area contributed by atoms with E-state index in [1.807, 2.05) is 13.8 Å². The Morgan fingerprint density at radius 3 is 2.69 bits per heavy atom. The van der Waals surface area contributed by atoms with Gasteiger partial charge in [0.25, 0.3) is 5.91 Å². The van der Waals surface area contributed by atoms with Crippen molar-refractivity contribution in [3.63, 3.8) is 0 Å². The minimum absolute atomic E-state index is 0.0237. The third kappa shape index (κ3) is 3.61. The van der Waals surface area contributed by atoms with E-state index >= 15 is 0 Å². The Kier molecular flexibility index (Phi) is 3.88. The molecule has 0 aromatic carbocycles. The summed E-state index contributed by atoms with van der Waals surface area (Å²) >= 11 is 0. The average molecular weight is 223 g/mol. The number of carboxylic acids is 1. The van der Waals surface area contributed by atoms with Crippen molar-refractivity contribution in [1.29, 1.82) is 0 Å². The number of carbonyl (C=O) groups is 2. The number of amides is 1. The number of carboxylic acid groups (broad SMARTS) is 1. The second-order valence-electron chi connectivity index (χ2n) is 3.50. The van der Waals surface area contributed by atoms with Crippen molar-refractivity contribution in [3.8, 4) is 0 Å². The lowest BCUT2D eigenvalue weighted by Crippen LogP contribution is -2.29. The summed E-state index contributed by atoms with van der Waals surface area (Å²) in [4.78, 5) is 21.7. The molecule has 1 amide bonds. The van der Waals surface area contributed by atoms with E-state index in [0.717, 1.165) is 6.08 Å². The highest BCUT2D eigenvalue weighted by molar-refractivity contribution is 5.92. The number of carbonyl (C=O) groups excluding carboxylic acids is 1. The van der Waals surface area contributed by atoms with Crippen LogP contribution in [0.25, 0.3) is 6.08 Å². The molecule has 1 rings (SSSR count). The summed E-state index contributed by atoms with van der Waals surface area (Å²) in [6.45, 7) is 3.68. The minimum Gasteiger partial charge on any atom is -0.478 e. The molecule has 0 radical (unpaired) electrons. The van der Waals surface area contributed by atoms with Crippen LogP contribution in [0.2, 0.25) is 0 Å². The van der Waals surface area contributed by atoms with Gasteiger partial charge in [0.2, 0.25) is 0 Å². The van der Waals surface area contributed by atoms with Gasteiger partial charge in [0, 0.05) is 12.1 Å². The van der Waals surface area contributed by atoms with Crippen LogP contribution in [-0.4, -0.2) is 23.0 Å².